The molecule has 1 aromatic carbocycles. The Labute approximate surface area is 217 Å². The number of halogens is 3. The van der Waals surface area contributed by atoms with Crippen molar-refractivity contribution in [3.05, 3.63) is 58.8 Å². The van der Waals surface area contributed by atoms with Crippen LogP contribution in [0.15, 0.2) is 36.5 Å². The largest absolute Gasteiger partial charge is 0.481 e. The Morgan fingerprint density at radius 1 is 1.19 bits per heavy atom. The lowest BCUT2D eigenvalue weighted by Gasteiger charge is -2.36. The van der Waals surface area contributed by atoms with Gasteiger partial charge in [0.15, 0.2) is 0 Å². The third-order valence-corrected chi connectivity index (χ3v) is 6.93. The highest BCUT2D eigenvalue weighted by Crippen LogP contribution is 2.44. The van der Waals surface area contributed by atoms with Gasteiger partial charge in [-0.15, -0.1) is 0 Å². The molecule has 1 aromatic heterocycles. The van der Waals surface area contributed by atoms with Gasteiger partial charge in [0.2, 0.25) is 5.88 Å². The van der Waals surface area contributed by atoms with Gasteiger partial charge in [-0.05, 0) is 35.4 Å². The summed E-state index contributed by atoms with van der Waals surface area (Å²) in [5.74, 6) is -0.195. The van der Waals surface area contributed by atoms with Crippen molar-refractivity contribution in [1.29, 1.82) is 0 Å². The summed E-state index contributed by atoms with van der Waals surface area (Å²) >= 11 is 0. The maximum atomic E-state index is 13.4. The van der Waals surface area contributed by atoms with Crippen LogP contribution in [0, 0.1) is 11.3 Å². The lowest BCUT2D eigenvalue weighted by molar-refractivity contribution is -0.147. The maximum Gasteiger partial charge on any atom is 0.417 e. The Balaban J connectivity index is 2.07. The number of carbonyl (C=O) groups is 1. The SMILES string of the molecule is CCOC(=O)[C@H]1N[C@@H](c2ccccc2C(C)C)[C@@H](NCc2cc(C(F)(F)F)cnc2OC)[C@@H]1C(C)(C)C. The molecule has 2 N–H and O–H groups in total. The average molecular weight is 522 g/mol. The number of esters is 1. The first kappa shape index (κ1) is 28.9. The molecule has 1 fully saturated rings. The monoisotopic (exact) mass is 521 g/mol. The molecule has 9 heteroatoms. The van der Waals surface area contributed by atoms with E-state index in [4.69, 9.17) is 9.47 Å². The summed E-state index contributed by atoms with van der Waals surface area (Å²) in [5.41, 5.74) is 1.31. The highest BCUT2D eigenvalue weighted by Gasteiger charge is 2.52. The topological polar surface area (TPSA) is 72.5 Å². The highest BCUT2D eigenvalue weighted by atomic mass is 19.4. The molecule has 1 aliphatic heterocycles. The Kier molecular flexibility index (Phi) is 8.90. The standard InChI is InChI=1S/C28H38F3N3O3/c1-8-37-26(35)24-21(27(4,5)6)23(22(34-24)20-12-10-9-11-19(20)16(2)3)32-14-17-13-18(28(29,30)31)15-33-25(17)36-7/h9-13,15-16,21-24,32,34H,8,14H2,1-7H3/t21-,22-,23-,24-/m0/s1. The second-order valence-electron chi connectivity index (χ2n) is 10.8. The van der Waals surface area contributed by atoms with Crippen molar-refractivity contribution < 1.29 is 27.4 Å². The molecule has 0 unspecified atom stereocenters. The van der Waals surface area contributed by atoms with Gasteiger partial charge in [0, 0.05) is 36.3 Å². The molecule has 0 saturated carbocycles. The molecule has 0 amide bonds. The van der Waals surface area contributed by atoms with E-state index >= 15 is 0 Å². The Morgan fingerprint density at radius 3 is 2.43 bits per heavy atom. The summed E-state index contributed by atoms with van der Waals surface area (Å²) in [6.45, 7) is 12.5. The van der Waals surface area contributed by atoms with Crippen LogP contribution in [0.4, 0.5) is 13.2 Å². The van der Waals surface area contributed by atoms with E-state index in [1.165, 1.54) is 7.11 Å². The van der Waals surface area contributed by atoms with Gasteiger partial charge in [-0.25, -0.2) is 4.98 Å². The number of hydrogen-bond donors (Lipinski definition) is 2. The van der Waals surface area contributed by atoms with Crippen LogP contribution in [-0.4, -0.2) is 36.8 Å². The fourth-order valence-electron chi connectivity index (χ4n) is 5.34. The van der Waals surface area contributed by atoms with Crippen molar-refractivity contribution in [2.45, 2.75) is 78.3 Å². The normalized spacial score (nSPS) is 22.4. The summed E-state index contributed by atoms with van der Waals surface area (Å²) in [4.78, 5) is 17.0. The minimum absolute atomic E-state index is 0.0783. The molecule has 0 spiro atoms. The van der Waals surface area contributed by atoms with E-state index in [1.54, 1.807) is 6.92 Å². The van der Waals surface area contributed by atoms with Crippen molar-refractivity contribution in [2.75, 3.05) is 13.7 Å². The third-order valence-electron chi connectivity index (χ3n) is 6.93. The predicted molar refractivity (Wildman–Crippen MR) is 136 cm³/mol. The van der Waals surface area contributed by atoms with Crippen molar-refractivity contribution in [3.63, 3.8) is 0 Å². The van der Waals surface area contributed by atoms with E-state index in [2.05, 4.69) is 56.3 Å². The molecule has 0 radical (unpaired) electrons. The van der Waals surface area contributed by atoms with E-state index in [1.807, 2.05) is 18.2 Å². The van der Waals surface area contributed by atoms with Gasteiger partial charge >= 0.3 is 12.1 Å². The number of methoxy groups -OCH3 is 1. The molecule has 3 rings (SSSR count). The van der Waals surface area contributed by atoms with E-state index in [-0.39, 0.29) is 54.3 Å². The number of ether oxygens (including phenoxy) is 2. The number of nitrogens with one attached hydrogen (secondary N) is 2. The van der Waals surface area contributed by atoms with Gasteiger partial charge in [-0.2, -0.15) is 13.2 Å². The number of pyridine rings is 1. The molecule has 0 bridgehead atoms. The molecule has 0 aliphatic carbocycles. The van der Waals surface area contributed by atoms with Crippen LogP contribution < -0.4 is 15.4 Å². The summed E-state index contributed by atoms with van der Waals surface area (Å²) < 4.78 is 50.9. The predicted octanol–water partition coefficient (Wildman–Crippen LogP) is 5.63. The highest BCUT2D eigenvalue weighted by molar-refractivity contribution is 5.77. The molecular weight excluding hydrogens is 483 g/mol. The van der Waals surface area contributed by atoms with Crippen LogP contribution in [0.2, 0.25) is 0 Å². The molecule has 1 saturated heterocycles. The van der Waals surface area contributed by atoms with Gasteiger partial charge < -0.3 is 14.8 Å². The molecule has 204 valence electrons. The first-order valence-electron chi connectivity index (χ1n) is 12.6. The smallest absolute Gasteiger partial charge is 0.417 e. The number of hydrogen-bond acceptors (Lipinski definition) is 6. The van der Waals surface area contributed by atoms with E-state index in [0.29, 0.717) is 5.56 Å². The number of benzene rings is 1. The Bertz CT molecular complexity index is 1080. The zero-order valence-electron chi connectivity index (χ0n) is 22.6. The zero-order valence-corrected chi connectivity index (χ0v) is 22.6. The van der Waals surface area contributed by atoms with E-state index in [0.717, 1.165) is 23.4 Å². The van der Waals surface area contributed by atoms with Crippen molar-refractivity contribution >= 4 is 5.97 Å². The lowest BCUT2D eigenvalue weighted by atomic mass is 9.72. The van der Waals surface area contributed by atoms with Crippen LogP contribution in [-0.2, 0) is 22.3 Å². The van der Waals surface area contributed by atoms with Gasteiger partial charge in [-0.3, -0.25) is 10.1 Å². The zero-order chi connectivity index (χ0) is 27.5. The van der Waals surface area contributed by atoms with Gasteiger partial charge in [-0.1, -0.05) is 58.9 Å². The lowest BCUT2D eigenvalue weighted by Crippen LogP contribution is -2.47. The summed E-state index contributed by atoms with van der Waals surface area (Å²) in [7, 11) is 1.38. The third kappa shape index (κ3) is 6.44. The minimum atomic E-state index is -4.52. The van der Waals surface area contributed by atoms with Gasteiger partial charge in [0.25, 0.3) is 0 Å². The quantitative estimate of drug-likeness (QED) is 0.439. The summed E-state index contributed by atoms with van der Waals surface area (Å²) in [6, 6.07) is 7.96. The van der Waals surface area contributed by atoms with Crippen LogP contribution in [0.5, 0.6) is 5.88 Å². The molecule has 6 nitrogen and oxygen atoms in total. The minimum Gasteiger partial charge on any atom is -0.481 e. The van der Waals surface area contributed by atoms with Crippen LogP contribution in [0.1, 0.15) is 75.8 Å². The van der Waals surface area contributed by atoms with Crippen LogP contribution in [0.3, 0.4) is 0 Å². The fourth-order valence-corrected chi connectivity index (χ4v) is 5.34. The molecule has 1 aliphatic rings. The van der Waals surface area contributed by atoms with Gasteiger partial charge in [0.1, 0.15) is 6.04 Å². The van der Waals surface area contributed by atoms with Crippen LogP contribution in [0.25, 0.3) is 0 Å². The first-order valence-corrected chi connectivity index (χ1v) is 12.6. The first-order chi connectivity index (χ1) is 17.3. The molecule has 37 heavy (non-hydrogen) atoms. The number of alkyl halides is 3. The fraction of sp³-hybridized carbons (Fsp3) is 0.571. The molecule has 2 heterocycles. The number of aromatic nitrogens is 1. The van der Waals surface area contributed by atoms with Crippen molar-refractivity contribution in [3.8, 4) is 5.88 Å². The average Bonchev–Trinajstić information content (AvgIpc) is 3.22. The second-order valence-corrected chi connectivity index (χ2v) is 10.8. The van der Waals surface area contributed by atoms with Gasteiger partial charge in [0.05, 0.1) is 19.3 Å². The Hall–Kier alpha value is -2.65. The number of nitrogens with zero attached hydrogens (tertiary/aromatic N) is 1. The van der Waals surface area contributed by atoms with E-state index < -0.39 is 17.8 Å². The molecule has 2 aromatic rings. The van der Waals surface area contributed by atoms with E-state index in [9.17, 15) is 18.0 Å². The maximum absolute atomic E-state index is 13.4. The van der Waals surface area contributed by atoms with Crippen molar-refractivity contribution in [2.24, 2.45) is 11.3 Å². The summed E-state index contributed by atoms with van der Waals surface area (Å²) in [5, 5.41) is 7.02. The molecular formula is C28H38F3N3O3. The van der Waals surface area contributed by atoms with Crippen LogP contribution >= 0.6 is 0 Å². The second kappa shape index (κ2) is 11.4. The Morgan fingerprint density at radius 2 is 1.86 bits per heavy atom. The number of rotatable bonds is 8. The molecule has 4 atom stereocenters. The van der Waals surface area contributed by atoms with Crippen molar-refractivity contribution in [1.82, 2.24) is 15.6 Å². The number of carbonyl (C=O) groups excluding carboxylic acids is 1. The summed E-state index contributed by atoms with van der Waals surface area (Å²) in [6.07, 6.45) is -3.75.